The first-order chi connectivity index (χ1) is 16.4. The lowest BCUT2D eigenvalue weighted by Crippen LogP contribution is -2.50. The number of rotatable bonds is 6. The van der Waals surface area contributed by atoms with Crippen molar-refractivity contribution in [2.24, 2.45) is 0 Å². The van der Waals surface area contributed by atoms with E-state index in [1.54, 1.807) is 13.0 Å². The number of aryl methyl sites for hydroxylation is 1. The van der Waals surface area contributed by atoms with Crippen molar-refractivity contribution in [2.45, 2.75) is 58.5 Å². The van der Waals surface area contributed by atoms with Crippen LogP contribution >= 0.6 is 0 Å². The number of nitrogens with zero attached hydrogens (tertiary/aromatic N) is 4. The summed E-state index contributed by atoms with van der Waals surface area (Å²) in [5.41, 5.74) is 3.63. The number of nitrogens with one attached hydrogen (secondary N) is 1. The van der Waals surface area contributed by atoms with E-state index in [9.17, 15) is 8.78 Å². The largest absolute Gasteiger partial charge is 0.371 e. The number of fused-ring (bicyclic) bond motifs is 1. The van der Waals surface area contributed by atoms with E-state index >= 15 is 0 Å². The normalized spacial score (nSPS) is 18.4. The summed E-state index contributed by atoms with van der Waals surface area (Å²) in [6, 6.07) is 12.2. The van der Waals surface area contributed by atoms with Gasteiger partial charge in [-0.3, -0.25) is 0 Å². The Kier molecular flexibility index (Phi) is 6.38. The van der Waals surface area contributed by atoms with Crippen LogP contribution in [0.15, 0.2) is 36.4 Å². The molecule has 1 atom stereocenters. The fraction of sp³-hybridized carbons (Fsp3) is 0.481. The zero-order valence-electron chi connectivity index (χ0n) is 20.2. The lowest BCUT2D eigenvalue weighted by atomic mass is 9.97. The predicted octanol–water partition coefficient (Wildman–Crippen LogP) is 6.03. The fourth-order valence-corrected chi connectivity index (χ4v) is 5.44. The van der Waals surface area contributed by atoms with Crippen molar-refractivity contribution in [1.82, 2.24) is 15.1 Å². The van der Waals surface area contributed by atoms with Crippen LogP contribution in [0.25, 0.3) is 10.8 Å². The van der Waals surface area contributed by atoms with Crippen LogP contribution in [0.5, 0.6) is 0 Å². The molecule has 2 fully saturated rings. The number of hydrogen-bond donors (Lipinski definition) is 1. The molecule has 2 aromatic carbocycles. The molecule has 0 amide bonds. The highest BCUT2D eigenvalue weighted by molar-refractivity contribution is 5.95. The lowest BCUT2D eigenvalue weighted by molar-refractivity contribution is 0.100. The number of aromatic nitrogens is 2. The quantitative estimate of drug-likeness (QED) is 0.481. The molecular formula is C27H33F2N5. The summed E-state index contributed by atoms with van der Waals surface area (Å²) >= 11 is 0. The Morgan fingerprint density at radius 1 is 0.941 bits per heavy atom. The number of halogens is 2. The van der Waals surface area contributed by atoms with Crippen LogP contribution in [0.4, 0.5) is 20.3 Å². The van der Waals surface area contributed by atoms with Gasteiger partial charge in [-0.25, -0.2) is 8.78 Å². The number of benzene rings is 2. The van der Waals surface area contributed by atoms with Gasteiger partial charge in [0, 0.05) is 41.2 Å². The van der Waals surface area contributed by atoms with Crippen molar-refractivity contribution in [3.63, 3.8) is 0 Å². The highest BCUT2D eigenvalue weighted by Gasteiger charge is 2.28. The van der Waals surface area contributed by atoms with Crippen LogP contribution in [0.1, 0.15) is 61.0 Å². The smallest absolute Gasteiger partial charge is 0.264 e. The van der Waals surface area contributed by atoms with Gasteiger partial charge >= 0.3 is 0 Å². The molecule has 0 bridgehead atoms. The zero-order chi connectivity index (χ0) is 23.8. The minimum absolute atomic E-state index is 0.0786. The van der Waals surface area contributed by atoms with Gasteiger partial charge < -0.3 is 15.1 Å². The van der Waals surface area contributed by atoms with Crippen molar-refractivity contribution in [3.05, 3.63) is 58.8 Å². The maximum absolute atomic E-state index is 13.4. The Morgan fingerprint density at radius 2 is 1.68 bits per heavy atom. The molecular weight excluding hydrogens is 432 g/mol. The standard InChI is InChI=1S/C27H33F2N5/c1-17-22(6-4-7-23(17)26(28)29)18(2)30-27-25-16-21(8-9-24(25)19(3)31-32-27)34-14-10-20(11-15-34)33-12-5-13-33/h4,6-9,16,18,20,26H,5,10-15H2,1-3H3,(H,30,32)/t18-/m1/s1. The van der Waals surface area contributed by atoms with Crippen LogP contribution in [0.3, 0.4) is 0 Å². The zero-order valence-corrected chi connectivity index (χ0v) is 20.2. The summed E-state index contributed by atoms with van der Waals surface area (Å²) < 4.78 is 26.8. The maximum Gasteiger partial charge on any atom is 0.264 e. The molecule has 1 N–H and O–H groups in total. The summed E-state index contributed by atoms with van der Waals surface area (Å²) in [7, 11) is 0. The van der Waals surface area contributed by atoms with Crippen LogP contribution in [0, 0.1) is 13.8 Å². The molecule has 0 radical (unpaired) electrons. The number of piperidine rings is 1. The molecule has 7 heteroatoms. The SMILES string of the molecule is Cc1c(C(F)F)cccc1[C@@H](C)Nc1nnc(C)c2ccc(N3CCC(N4CCC4)CC3)cc12. The van der Waals surface area contributed by atoms with E-state index in [0.717, 1.165) is 41.2 Å². The third-order valence-corrected chi connectivity index (χ3v) is 7.66. The third kappa shape index (κ3) is 4.33. The van der Waals surface area contributed by atoms with Crippen LogP contribution in [0.2, 0.25) is 0 Å². The van der Waals surface area contributed by atoms with E-state index in [-0.39, 0.29) is 11.6 Å². The van der Waals surface area contributed by atoms with Gasteiger partial charge in [0.15, 0.2) is 5.82 Å². The Hall–Kier alpha value is -2.80. The molecule has 0 unspecified atom stereocenters. The lowest BCUT2D eigenvalue weighted by Gasteiger charge is -2.43. The Morgan fingerprint density at radius 3 is 2.35 bits per heavy atom. The molecule has 3 aromatic rings. The minimum Gasteiger partial charge on any atom is -0.371 e. The predicted molar refractivity (Wildman–Crippen MR) is 134 cm³/mol. The van der Waals surface area contributed by atoms with Crippen LogP contribution < -0.4 is 10.2 Å². The van der Waals surface area contributed by atoms with E-state index in [1.165, 1.54) is 44.1 Å². The van der Waals surface area contributed by atoms with Gasteiger partial charge in [-0.05, 0) is 76.4 Å². The number of likely N-dealkylation sites (tertiary alicyclic amines) is 1. The fourth-order valence-electron chi connectivity index (χ4n) is 5.44. The molecule has 2 aliphatic heterocycles. The summed E-state index contributed by atoms with van der Waals surface area (Å²) in [4.78, 5) is 5.08. The van der Waals surface area contributed by atoms with E-state index in [1.807, 2.05) is 19.9 Å². The first-order valence-corrected chi connectivity index (χ1v) is 12.3. The summed E-state index contributed by atoms with van der Waals surface area (Å²) in [6.07, 6.45) is 1.26. The molecule has 2 aliphatic rings. The second-order valence-corrected chi connectivity index (χ2v) is 9.70. The summed E-state index contributed by atoms with van der Waals surface area (Å²) in [5, 5.41) is 14.4. The average Bonchev–Trinajstić information content (AvgIpc) is 2.80. The van der Waals surface area contributed by atoms with Crippen molar-refractivity contribution < 1.29 is 8.78 Å². The second kappa shape index (κ2) is 9.45. The van der Waals surface area contributed by atoms with Gasteiger partial charge in [0.1, 0.15) is 0 Å². The summed E-state index contributed by atoms with van der Waals surface area (Å²) in [6.45, 7) is 10.3. The number of alkyl halides is 2. The number of hydrogen-bond acceptors (Lipinski definition) is 5. The topological polar surface area (TPSA) is 44.3 Å². The van der Waals surface area contributed by atoms with Crippen LogP contribution in [-0.4, -0.2) is 47.3 Å². The van der Waals surface area contributed by atoms with Gasteiger partial charge in [0.05, 0.1) is 11.7 Å². The maximum atomic E-state index is 13.4. The highest BCUT2D eigenvalue weighted by atomic mass is 19.3. The van der Waals surface area contributed by atoms with Crippen molar-refractivity contribution >= 4 is 22.3 Å². The van der Waals surface area contributed by atoms with Crippen molar-refractivity contribution in [1.29, 1.82) is 0 Å². The molecule has 5 rings (SSSR count). The van der Waals surface area contributed by atoms with Crippen LogP contribution in [-0.2, 0) is 0 Å². The van der Waals surface area contributed by atoms with E-state index in [2.05, 4.69) is 43.5 Å². The molecule has 2 saturated heterocycles. The molecule has 180 valence electrons. The molecule has 3 heterocycles. The Balaban J connectivity index is 1.40. The van der Waals surface area contributed by atoms with Crippen molar-refractivity contribution in [2.75, 3.05) is 36.4 Å². The van der Waals surface area contributed by atoms with E-state index < -0.39 is 6.43 Å². The number of anilines is 2. The average molecular weight is 466 g/mol. The first kappa shape index (κ1) is 23.0. The molecule has 0 saturated carbocycles. The van der Waals surface area contributed by atoms with Gasteiger partial charge in [-0.1, -0.05) is 24.3 Å². The minimum atomic E-state index is -2.49. The Labute approximate surface area is 200 Å². The van der Waals surface area contributed by atoms with E-state index in [4.69, 9.17) is 0 Å². The van der Waals surface area contributed by atoms with Gasteiger partial charge in [-0.15, -0.1) is 5.10 Å². The molecule has 1 aromatic heterocycles. The second-order valence-electron chi connectivity index (χ2n) is 9.70. The van der Waals surface area contributed by atoms with E-state index in [0.29, 0.717) is 11.4 Å². The third-order valence-electron chi connectivity index (χ3n) is 7.66. The monoisotopic (exact) mass is 465 g/mol. The molecule has 0 aliphatic carbocycles. The van der Waals surface area contributed by atoms with Gasteiger partial charge in [-0.2, -0.15) is 5.10 Å². The molecule has 0 spiro atoms. The van der Waals surface area contributed by atoms with Gasteiger partial charge in [0.2, 0.25) is 0 Å². The van der Waals surface area contributed by atoms with Crippen molar-refractivity contribution in [3.8, 4) is 0 Å². The first-order valence-electron chi connectivity index (χ1n) is 12.3. The van der Waals surface area contributed by atoms with Gasteiger partial charge in [0.25, 0.3) is 6.43 Å². The highest BCUT2D eigenvalue weighted by Crippen LogP contribution is 2.34. The Bertz CT molecular complexity index is 1170. The summed E-state index contributed by atoms with van der Waals surface area (Å²) in [5.74, 6) is 0.687. The molecule has 5 nitrogen and oxygen atoms in total. The molecule has 34 heavy (non-hydrogen) atoms.